The summed E-state index contributed by atoms with van der Waals surface area (Å²) in [7, 11) is 0. The highest BCUT2D eigenvalue weighted by molar-refractivity contribution is 4.93. The Bertz CT molecular complexity index is 192. The summed E-state index contributed by atoms with van der Waals surface area (Å²) in [5, 5.41) is 12.6. The zero-order chi connectivity index (χ0) is 10.7. The van der Waals surface area contributed by atoms with Crippen molar-refractivity contribution in [1.29, 1.82) is 0 Å². The fraction of sp³-hybridized carbons (Fsp3) is 1.00. The second-order valence-corrected chi connectivity index (χ2v) is 5.44. The molecular formula is C12H23NO2. The highest BCUT2D eigenvalue weighted by atomic mass is 16.5. The first-order chi connectivity index (χ1) is 7.24. The Balaban J connectivity index is 1.51. The van der Waals surface area contributed by atoms with Gasteiger partial charge in [0.25, 0.3) is 0 Å². The van der Waals surface area contributed by atoms with E-state index in [-0.39, 0.29) is 12.1 Å². The molecule has 3 nitrogen and oxygen atoms in total. The Morgan fingerprint density at radius 3 is 2.60 bits per heavy atom. The molecule has 1 aliphatic heterocycles. The number of aliphatic hydroxyl groups is 1. The molecule has 1 saturated carbocycles. The molecule has 0 atom stereocenters. The van der Waals surface area contributed by atoms with Gasteiger partial charge in [-0.05, 0) is 44.1 Å². The third kappa shape index (κ3) is 2.71. The summed E-state index contributed by atoms with van der Waals surface area (Å²) >= 11 is 0. The van der Waals surface area contributed by atoms with E-state index in [1.54, 1.807) is 0 Å². The maximum atomic E-state index is 9.19. The van der Waals surface area contributed by atoms with Gasteiger partial charge >= 0.3 is 0 Å². The molecule has 1 heterocycles. The molecule has 0 spiro atoms. The number of rotatable bonds is 6. The van der Waals surface area contributed by atoms with Gasteiger partial charge in [0.05, 0.1) is 25.4 Å². The summed E-state index contributed by atoms with van der Waals surface area (Å²) in [4.78, 5) is 0. The van der Waals surface area contributed by atoms with Crippen molar-refractivity contribution in [3.8, 4) is 0 Å². The Morgan fingerprint density at radius 1 is 1.40 bits per heavy atom. The zero-order valence-corrected chi connectivity index (χ0v) is 9.67. The second kappa shape index (κ2) is 4.81. The molecule has 2 fully saturated rings. The van der Waals surface area contributed by atoms with Crippen LogP contribution in [0.2, 0.25) is 0 Å². The Morgan fingerprint density at radius 2 is 2.13 bits per heavy atom. The van der Waals surface area contributed by atoms with E-state index in [4.69, 9.17) is 4.74 Å². The lowest BCUT2D eigenvalue weighted by Crippen LogP contribution is -2.63. The molecule has 2 aliphatic rings. The number of hydrogen-bond donors (Lipinski definition) is 2. The average molecular weight is 213 g/mol. The van der Waals surface area contributed by atoms with Crippen molar-refractivity contribution in [2.45, 2.75) is 38.1 Å². The Kier molecular flexibility index (Phi) is 3.65. The quantitative estimate of drug-likeness (QED) is 0.651. The van der Waals surface area contributed by atoms with Gasteiger partial charge in [-0.25, -0.2) is 0 Å². The van der Waals surface area contributed by atoms with Crippen LogP contribution in [0.25, 0.3) is 0 Å². The molecule has 2 rings (SSSR count). The van der Waals surface area contributed by atoms with E-state index in [0.717, 1.165) is 18.4 Å². The van der Waals surface area contributed by atoms with Gasteiger partial charge < -0.3 is 15.2 Å². The van der Waals surface area contributed by atoms with E-state index in [2.05, 4.69) is 12.2 Å². The van der Waals surface area contributed by atoms with Gasteiger partial charge in [0.1, 0.15) is 0 Å². The molecule has 0 amide bonds. The standard InChI is InChI=1S/C12H23NO2/c1-10-5-11(6-10)3-2-4-13-12(7-14)8-15-9-12/h10-11,13-14H,2-9H2,1H3. The molecular weight excluding hydrogens is 190 g/mol. The lowest BCUT2D eigenvalue weighted by Gasteiger charge is -2.41. The van der Waals surface area contributed by atoms with Crippen LogP contribution in [0.3, 0.4) is 0 Å². The molecule has 0 radical (unpaired) electrons. The van der Waals surface area contributed by atoms with Crippen LogP contribution in [0.15, 0.2) is 0 Å². The van der Waals surface area contributed by atoms with Gasteiger partial charge in [-0.15, -0.1) is 0 Å². The van der Waals surface area contributed by atoms with Crippen LogP contribution in [0.5, 0.6) is 0 Å². The molecule has 15 heavy (non-hydrogen) atoms. The van der Waals surface area contributed by atoms with Crippen molar-refractivity contribution in [3.05, 3.63) is 0 Å². The van der Waals surface area contributed by atoms with Crippen molar-refractivity contribution in [3.63, 3.8) is 0 Å². The van der Waals surface area contributed by atoms with Gasteiger partial charge in [-0.1, -0.05) is 6.92 Å². The summed E-state index contributed by atoms with van der Waals surface area (Å²) in [5.74, 6) is 1.94. The van der Waals surface area contributed by atoms with E-state index < -0.39 is 0 Å². The number of aliphatic hydroxyl groups excluding tert-OH is 1. The minimum atomic E-state index is -0.104. The van der Waals surface area contributed by atoms with Crippen molar-refractivity contribution in [2.24, 2.45) is 11.8 Å². The van der Waals surface area contributed by atoms with Gasteiger partial charge in [-0.2, -0.15) is 0 Å². The Hall–Kier alpha value is -0.120. The highest BCUT2D eigenvalue weighted by Crippen LogP contribution is 2.36. The summed E-state index contributed by atoms with van der Waals surface area (Å²) < 4.78 is 5.13. The summed E-state index contributed by atoms with van der Waals surface area (Å²) in [6, 6.07) is 0. The zero-order valence-electron chi connectivity index (χ0n) is 9.67. The van der Waals surface area contributed by atoms with E-state index in [1.165, 1.54) is 25.7 Å². The van der Waals surface area contributed by atoms with Gasteiger partial charge in [0.15, 0.2) is 0 Å². The lowest BCUT2D eigenvalue weighted by atomic mass is 9.74. The lowest BCUT2D eigenvalue weighted by molar-refractivity contribution is -0.0972. The normalized spacial score (nSPS) is 33.2. The summed E-state index contributed by atoms with van der Waals surface area (Å²) in [5.41, 5.74) is -0.104. The van der Waals surface area contributed by atoms with Crippen molar-refractivity contribution in [1.82, 2.24) is 5.32 Å². The van der Waals surface area contributed by atoms with Gasteiger partial charge in [0, 0.05) is 0 Å². The number of nitrogens with one attached hydrogen (secondary N) is 1. The van der Waals surface area contributed by atoms with Gasteiger partial charge in [0.2, 0.25) is 0 Å². The molecule has 0 aromatic carbocycles. The van der Waals surface area contributed by atoms with E-state index in [1.807, 2.05) is 0 Å². The third-order valence-electron chi connectivity index (χ3n) is 3.82. The molecule has 0 bridgehead atoms. The smallest absolute Gasteiger partial charge is 0.0887 e. The van der Waals surface area contributed by atoms with Crippen LogP contribution in [-0.4, -0.2) is 37.0 Å². The fourth-order valence-electron chi connectivity index (χ4n) is 2.65. The topological polar surface area (TPSA) is 41.5 Å². The summed E-state index contributed by atoms with van der Waals surface area (Å²) in [6.07, 6.45) is 5.43. The minimum Gasteiger partial charge on any atom is -0.394 e. The molecule has 3 heteroatoms. The van der Waals surface area contributed by atoms with Crippen molar-refractivity contribution >= 4 is 0 Å². The Labute approximate surface area is 92.2 Å². The average Bonchev–Trinajstić information content (AvgIpc) is 2.12. The van der Waals surface area contributed by atoms with E-state index >= 15 is 0 Å². The molecule has 2 N–H and O–H groups in total. The maximum Gasteiger partial charge on any atom is 0.0887 e. The first kappa shape index (κ1) is 11.4. The molecule has 0 aromatic rings. The minimum absolute atomic E-state index is 0.104. The largest absolute Gasteiger partial charge is 0.394 e. The maximum absolute atomic E-state index is 9.19. The second-order valence-electron chi connectivity index (χ2n) is 5.44. The van der Waals surface area contributed by atoms with Crippen LogP contribution in [0.4, 0.5) is 0 Å². The third-order valence-corrected chi connectivity index (χ3v) is 3.82. The summed E-state index contributed by atoms with van der Waals surface area (Å²) in [6.45, 7) is 4.90. The SMILES string of the molecule is CC1CC(CCCNC2(CO)COC2)C1. The highest BCUT2D eigenvalue weighted by Gasteiger charge is 2.37. The fourth-order valence-corrected chi connectivity index (χ4v) is 2.65. The van der Waals surface area contributed by atoms with Crippen molar-refractivity contribution in [2.75, 3.05) is 26.4 Å². The van der Waals surface area contributed by atoms with E-state index in [9.17, 15) is 5.11 Å². The van der Waals surface area contributed by atoms with Gasteiger partial charge in [-0.3, -0.25) is 0 Å². The number of hydrogen-bond acceptors (Lipinski definition) is 3. The molecule has 1 aliphatic carbocycles. The van der Waals surface area contributed by atoms with Crippen LogP contribution in [0, 0.1) is 11.8 Å². The first-order valence-corrected chi connectivity index (χ1v) is 6.18. The van der Waals surface area contributed by atoms with E-state index in [0.29, 0.717) is 13.2 Å². The van der Waals surface area contributed by atoms with Crippen LogP contribution < -0.4 is 5.32 Å². The van der Waals surface area contributed by atoms with Crippen LogP contribution in [0.1, 0.15) is 32.6 Å². The predicted molar refractivity (Wildman–Crippen MR) is 59.8 cm³/mol. The molecule has 88 valence electrons. The monoisotopic (exact) mass is 213 g/mol. The van der Waals surface area contributed by atoms with Crippen molar-refractivity contribution < 1.29 is 9.84 Å². The first-order valence-electron chi connectivity index (χ1n) is 6.18. The van der Waals surface area contributed by atoms with Crippen LogP contribution in [-0.2, 0) is 4.74 Å². The molecule has 1 saturated heterocycles. The number of ether oxygens (including phenoxy) is 1. The molecule has 0 unspecified atom stereocenters. The molecule has 0 aromatic heterocycles. The predicted octanol–water partition coefficient (Wildman–Crippen LogP) is 1.16. The van der Waals surface area contributed by atoms with Crippen LogP contribution >= 0.6 is 0 Å².